The lowest BCUT2D eigenvalue weighted by Gasteiger charge is -2.36. The number of para-hydroxylation sites is 1. The van der Waals surface area contributed by atoms with E-state index in [1.165, 1.54) is 10.6 Å². The molecule has 4 aromatic rings. The molecule has 1 saturated heterocycles. The molecule has 3 heterocycles. The van der Waals surface area contributed by atoms with Crippen LogP contribution in [0.5, 0.6) is 5.75 Å². The van der Waals surface area contributed by atoms with Gasteiger partial charge >= 0.3 is 12.1 Å². The largest absolute Gasteiger partial charge is 0.490 e. The van der Waals surface area contributed by atoms with Gasteiger partial charge in [-0.25, -0.2) is 17.5 Å². The van der Waals surface area contributed by atoms with Gasteiger partial charge < -0.3 is 20.1 Å². The first-order valence-corrected chi connectivity index (χ1v) is 15.7. The van der Waals surface area contributed by atoms with Crippen molar-refractivity contribution in [2.75, 3.05) is 19.3 Å². The average Bonchev–Trinajstić information content (AvgIpc) is 3.41. The zero-order valence-corrected chi connectivity index (χ0v) is 25.6. The Labute approximate surface area is 260 Å². The van der Waals surface area contributed by atoms with Crippen LogP contribution < -0.4 is 10.1 Å². The number of aliphatic carboxylic acids is 1. The number of aromatic nitrogens is 4. The first-order chi connectivity index (χ1) is 21.1. The van der Waals surface area contributed by atoms with Gasteiger partial charge in [0.1, 0.15) is 18.2 Å². The molecule has 45 heavy (non-hydrogen) atoms. The summed E-state index contributed by atoms with van der Waals surface area (Å²) in [6.45, 7) is 2.80. The molecule has 17 heteroatoms. The fourth-order valence-corrected chi connectivity index (χ4v) is 5.80. The number of carbonyl (C=O) groups is 2. The minimum Gasteiger partial charge on any atom is -0.489 e. The lowest BCUT2D eigenvalue weighted by molar-refractivity contribution is -0.192. The molecule has 0 bridgehead atoms. The minimum absolute atomic E-state index is 0.142. The van der Waals surface area contributed by atoms with E-state index in [0.29, 0.717) is 41.5 Å². The quantitative estimate of drug-likeness (QED) is 0.212. The highest BCUT2D eigenvalue weighted by atomic mass is 32.2. The van der Waals surface area contributed by atoms with E-state index in [4.69, 9.17) is 26.9 Å². The van der Waals surface area contributed by atoms with Gasteiger partial charge in [0.05, 0.1) is 17.8 Å². The Hall–Kier alpha value is -4.35. The van der Waals surface area contributed by atoms with E-state index in [1.54, 1.807) is 24.3 Å². The molecule has 1 amide bonds. The number of pyridine rings is 1. The number of aryl methyl sites for hydroxylation is 1. The predicted molar refractivity (Wildman–Crippen MR) is 160 cm³/mol. The van der Waals surface area contributed by atoms with Crippen molar-refractivity contribution in [3.05, 3.63) is 82.0 Å². The van der Waals surface area contributed by atoms with Gasteiger partial charge in [-0.2, -0.15) is 18.3 Å². The second-order valence-electron chi connectivity index (χ2n) is 10.2. The Bertz CT molecular complexity index is 1840. The topological polar surface area (TPSA) is 170 Å². The number of benzene rings is 2. The molecule has 2 unspecified atom stereocenters. The fraction of sp³-hybridized carbons (Fsp3) is 0.321. The molecule has 1 fully saturated rings. The smallest absolute Gasteiger partial charge is 0.489 e. The number of carboxylic acid groups (broad SMARTS) is 1. The summed E-state index contributed by atoms with van der Waals surface area (Å²) in [6, 6.07) is 16.3. The molecule has 1 aliphatic heterocycles. The van der Waals surface area contributed by atoms with Crippen LogP contribution in [0.2, 0.25) is 0 Å². The number of rotatable bonds is 7. The molecular weight excluding hydrogens is 637 g/mol. The number of H-pyrrole nitrogens is 2. The van der Waals surface area contributed by atoms with E-state index in [0.717, 1.165) is 22.2 Å². The molecule has 1 aliphatic rings. The Morgan fingerprint density at radius 2 is 1.84 bits per heavy atom. The lowest BCUT2D eigenvalue weighted by Crippen LogP contribution is -2.53. The lowest BCUT2D eigenvalue weighted by atomic mass is 9.91. The zero-order chi connectivity index (χ0) is 32.9. The minimum atomic E-state index is -5.08. The SMILES string of the molecule is Cc1cc(COc2ccc(C(=O)NC3CN(S(C)(=O)=O)CCC3c3n[nH]c(=S)[nH]3)cc2)c2ccccc2n1.O=C(O)C(F)(F)F. The summed E-state index contributed by atoms with van der Waals surface area (Å²) in [4.78, 5) is 29.6. The van der Waals surface area contributed by atoms with Crippen LogP contribution in [0.3, 0.4) is 0 Å². The van der Waals surface area contributed by atoms with Gasteiger partial charge in [0.15, 0.2) is 4.77 Å². The van der Waals surface area contributed by atoms with Crippen molar-refractivity contribution in [3.8, 4) is 5.75 Å². The van der Waals surface area contributed by atoms with Gasteiger partial charge in [-0.05, 0) is 62.0 Å². The third kappa shape index (κ3) is 8.86. The van der Waals surface area contributed by atoms with E-state index >= 15 is 0 Å². The molecule has 240 valence electrons. The highest BCUT2D eigenvalue weighted by Gasteiger charge is 2.38. The van der Waals surface area contributed by atoms with Crippen molar-refractivity contribution in [3.63, 3.8) is 0 Å². The number of hydrogen-bond donors (Lipinski definition) is 4. The summed E-state index contributed by atoms with van der Waals surface area (Å²) in [6.07, 6.45) is -3.42. The second kappa shape index (κ2) is 13.7. The fourth-order valence-electron chi connectivity index (χ4n) is 4.79. The van der Waals surface area contributed by atoms with E-state index in [-0.39, 0.29) is 18.4 Å². The van der Waals surface area contributed by atoms with Crippen LogP contribution in [0.4, 0.5) is 13.2 Å². The van der Waals surface area contributed by atoms with Crippen molar-refractivity contribution < 1.29 is 41.0 Å². The monoisotopic (exact) mass is 666 g/mol. The standard InChI is InChI=1S/C26H28N6O4S2.C2HF3O2/c1-16-13-18(20-5-3-4-6-22(20)27-16)15-36-19-9-7-17(8-10-19)25(33)28-23-14-32(38(2,34)35)12-11-21(23)24-29-26(37)31-30-24;3-2(4,5)1(6)7/h3-10,13,21,23H,11-12,14-15H2,1-2H3,(H,28,33)(H2,29,30,31,37);(H,6,7). The first kappa shape index (κ1) is 33.5. The summed E-state index contributed by atoms with van der Waals surface area (Å²) in [5, 5.41) is 18.1. The van der Waals surface area contributed by atoms with E-state index in [2.05, 4.69) is 25.5 Å². The summed E-state index contributed by atoms with van der Waals surface area (Å²) < 4.78 is 63.8. The van der Waals surface area contributed by atoms with Gasteiger partial charge in [0.25, 0.3) is 5.91 Å². The Morgan fingerprint density at radius 3 is 2.44 bits per heavy atom. The average molecular weight is 667 g/mol. The third-order valence-corrected chi connectivity index (χ3v) is 8.38. The van der Waals surface area contributed by atoms with Crippen LogP contribution in [-0.4, -0.2) is 81.4 Å². The molecule has 5 rings (SSSR count). The van der Waals surface area contributed by atoms with E-state index in [9.17, 15) is 26.4 Å². The van der Waals surface area contributed by atoms with Crippen LogP contribution in [0.15, 0.2) is 54.6 Å². The summed E-state index contributed by atoms with van der Waals surface area (Å²) in [7, 11) is -3.41. The Kier molecular flexibility index (Phi) is 10.2. The number of hydrogen-bond acceptors (Lipinski definition) is 8. The number of alkyl halides is 3. The van der Waals surface area contributed by atoms with Crippen molar-refractivity contribution in [1.29, 1.82) is 0 Å². The molecule has 2 atom stereocenters. The molecule has 0 saturated carbocycles. The van der Waals surface area contributed by atoms with Gasteiger partial charge in [-0.15, -0.1) is 0 Å². The number of nitrogens with zero attached hydrogens (tertiary/aromatic N) is 3. The van der Waals surface area contributed by atoms with Crippen LogP contribution in [-0.2, 0) is 21.4 Å². The maximum Gasteiger partial charge on any atom is 0.490 e. The second-order valence-corrected chi connectivity index (χ2v) is 12.6. The van der Waals surface area contributed by atoms with Crippen LogP contribution >= 0.6 is 12.2 Å². The maximum atomic E-state index is 13.1. The number of carbonyl (C=O) groups excluding carboxylic acids is 1. The predicted octanol–water partition coefficient (Wildman–Crippen LogP) is 4.08. The molecule has 4 N–H and O–H groups in total. The number of ether oxygens (including phenoxy) is 1. The maximum absolute atomic E-state index is 13.1. The van der Waals surface area contributed by atoms with Gasteiger partial charge in [0.2, 0.25) is 10.0 Å². The number of aromatic amines is 2. The van der Waals surface area contributed by atoms with Crippen molar-refractivity contribution >= 4 is 45.0 Å². The number of fused-ring (bicyclic) bond motifs is 1. The zero-order valence-electron chi connectivity index (χ0n) is 24.0. The summed E-state index contributed by atoms with van der Waals surface area (Å²) >= 11 is 5.10. The summed E-state index contributed by atoms with van der Waals surface area (Å²) in [5.74, 6) is -2.07. The molecule has 0 radical (unpaired) electrons. The van der Waals surface area contributed by atoms with Crippen molar-refractivity contribution in [2.45, 2.75) is 38.1 Å². The number of carboxylic acids is 1. The Balaban J connectivity index is 0.000000591. The van der Waals surface area contributed by atoms with E-state index < -0.39 is 28.2 Å². The van der Waals surface area contributed by atoms with Crippen LogP contribution in [0.25, 0.3) is 10.9 Å². The molecular formula is C28H29F3N6O6S2. The normalized spacial score (nSPS) is 17.3. The van der Waals surface area contributed by atoms with Crippen LogP contribution in [0, 0.1) is 11.7 Å². The molecule has 12 nitrogen and oxygen atoms in total. The van der Waals surface area contributed by atoms with Crippen molar-refractivity contribution in [1.82, 2.24) is 29.8 Å². The van der Waals surface area contributed by atoms with Gasteiger partial charge in [-0.3, -0.25) is 14.9 Å². The highest BCUT2D eigenvalue weighted by molar-refractivity contribution is 7.88. The third-order valence-electron chi connectivity index (χ3n) is 6.92. The number of nitrogens with one attached hydrogen (secondary N) is 3. The highest BCUT2D eigenvalue weighted by Crippen LogP contribution is 2.28. The number of amides is 1. The molecule has 0 spiro atoms. The Morgan fingerprint density at radius 1 is 1.18 bits per heavy atom. The molecule has 2 aromatic carbocycles. The first-order valence-electron chi connectivity index (χ1n) is 13.4. The van der Waals surface area contributed by atoms with Crippen LogP contribution in [0.1, 0.15) is 39.8 Å². The van der Waals surface area contributed by atoms with E-state index in [1.807, 2.05) is 37.3 Å². The number of sulfonamides is 1. The van der Waals surface area contributed by atoms with Gasteiger partial charge in [0, 0.05) is 41.2 Å². The molecule has 2 aromatic heterocycles. The van der Waals surface area contributed by atoms with Gasteiger partial charge in [-0.1, -0.05) is 18.2 Å². The molecule has 0 aliphatic carbocycles. The van der Waals surface area contributed by atoms with Crippen molar-refractivity contribution in [2.24, 2.45) is 0 Å². The number of halogens is 3. The number of piperidine rings is 1. The summed E-state index contributed by atoms with van der Waals surface area (Å²) in [5.41, 5.74) is 3.31.